The summed E-state index contributed by atoms with van der Waals surface area (Å²) in [6.45, 7) is 0.496. The number of anilines is 1. The van der Waals surface area contributed by atoms with E-state index in [0.717, 1.165) is 12.1 Å². The van der Waals surface area contributed by atoms with E-state index in [9.17, 15) is 31.1 Å². The van der Waals surface area contributed by atoms with Crippen LogP contribution in [0.1, 0.15) is 29.8 Å². The lowest BCUT2D eigenvalue weighted by molar-refractivity contribution is -0.144. The minimum atomic E-state index is -4.78. The molecule has 1 atom stereocenters. The molecule has 1 N–H and O–H groups in total. The molecule has 0 spiro atoms. The molecule has 0 aliphatic carbocycles. The number of carbonyl (C=O) groups is 1. The number of hydrogen-bond donors (Lipinski definition) is 1. The number of amides is 1. The van der Waals surface area contributed by atoms with Crippen LogP contribution < -0.4 is 10.2 Å². The van der Waals surface area contributed by atoms with E-state index in [2.05, 4.69) is 20.3 Å². The van der Waals surface area contributed by atoms with Gasteiger partial charge in [0.2, 0.25) is 11.7 Å². The number of alkyl halides is 6. The van der Waals surface area contributed by atoms with Crippen molar-refractivity contribution in [3.63, 3.8) is 0 Å². The molecule has 190 valence electrons. The highest BCUT2D eigenvalue weighted by atomic mass is 19.4. The first-order valence-corrected chi connectivity index (χ1v) is 11.1. The molecule has 1 amide bonds. The summed E-state index contributed by atoms with van der Waals surface area (Å²) in [5.74, 6) is -1.71. The summed E-state index contributed by atoms with van der Waals surface area (Å²) in [6, 6.07) is 8.38. The fourth-order valence-corrected chi connectivity index (χ4v) is 4.00. The topological polar surface area (TPSA) is 71.0 Å². The van der Waals surface area contributed by atoms with E-state index in [1.54, 1.807) is 0 Å². The van der Waals surface area contributed by atoms with E-state index in [0.29, 0.717) is 36.9 Å². The average Bonchev–Trinajstić information content (AvgIpc) is 3.34. The van der Waals surface area contributed by atoms with E-state index >= 15 is 0 Å². The van der Waals surface area contributed by atoms with E-state index < -0.39 is 35.7 Å². The Morgan fingerprint density at radius 2 is 1.67 bits per heavy atom. The van der Waals surface area contributed by atoms with Crippen molar-refractivity contribution in [1.82, 2.24) is 20.3 Å². The lowest BCUT2D eigenvalue weighted by Gasteiger charge is -2.26. The fourth-order valence-electron chi connectivity index (χ4n) is 4.00. The van der Waals surface area contributed by atoms with Crippen molar-refractivity contribution in [3.8, 4) is 11.3 Å². The second kappa shape index (κ2) is 10.1. The molecule has 1 aromatic carbocycles. The molecule has 12 heteroatoms. The summed E-state index contributed by atoms with van der Waals surface area (Å²) in [5, 5.41) is 2.73. The quantitative estimate of drug-likeness (QED) is 0.479. The zero-order chi connectivity index (χ0) is 25.9. The molecule has 4 rings (SSSR count). The molecule has 1 aliphatic heterocycles. The summed E-state index contributed by atoms with van der Waals surface area (Å²) >= 11 is 0. The molecular formula is C24H21F6N5O. The van der Waals surface area contributed by atoms with Gasteiger partial charge < -0.3 is 10.2 Å². The van der Waals surface area contributed by atoms with Crippen LogP contribution in [0.4, 0.5) is 32.2 Å². The van der Waals surface area contributed by atoms with E-state index in [1.807, 2.05) is 0 Å². The van der Waals surface area contributed by atoms with E-state index in [4.69, 9.17) is 0 Å². The maximum Gasteiger partial charge on any atom is 0.451 e. The van der Waals surface area contributed by atoms with Gasteiger partial charge in [-0.3, -0.25) is 9.78 Å². The van der Waals surface area contributed by atoms with Gasteiger partial charge >= 0.3 is 12.4 Å². The molecule has 36 heavy (non-hydrogen) atoms. The van der Waals surface area contributed by atoms with Crippen LogP contribution in [-0.4, -0.2) is 40.0 Å². The largest absolute Gasteiger partial charge is 0.451 e. The Morgan fingerprint density at radius 3 is 2.31 bits per heavy atom. The van der Waals surface area contributed by atoms with Gasteiger partial charge in [0, 0.05) is 37.1 Å². The number of aromatic nitrogens is 3. The molecule has 1 aliphatic rings. The van der Waals surface area contributed by atoms with Gasteiger partial charge in [-0.05, 0) is 49.1 Å². The van der Waals surface area contributed by atoms with Crippen molar-refractivity contribution in [2.24, 2.45) is 0 Å². The van der Waals surface area contributed by atoms with Gasteiger partial charge in [-0.1, -0.05) is 12.1 Å². The molecule has 1 unspecified atom stereocenters. The first-order valence-electron chi connectivity index (χ1n) is 11.1. The summed E-state index contributed by atoms with van der Waals surface area (Å²) in [6.07, 6.45) is -5.04. The molecule has 1 fully saturated rings. The van der Waals surface area contributed by atoms with Crippen molar-refractivity contribution in [3.05, 3.63) is 71.8 Å². The number of halogens is 6. The molecule has 0 radical (unpaired) electrons. The SMILES string of the molecule is O=C(NCCc1ccc(C(F)(F)F)cc1)C1CCCN1c1cc(-c2ccncc2)nc(C(F)(F)F)n1. The predicted octanol–water partition coefficient (Wildman–Crippen LogP) is 4.90. The maximum atomic E-state index is 13.5. The smallest absolute Gasteiger partial charge is 0.354 e. The van der Waals surface area contributed by atoms with Gasteiger partial charge in [-0.2, -0.15) is 26.3 Å². The molecule has 6 nitrogen and oxygen atoms in total. The van der Waals surface area contributed by atoms with Crippen LogP contribution in [0.5, 0.6) is 0 Å². The number of nitrogens with one attached hydrogen (secondary N) is 1. The van der Waals surface area contributed by atoms with Crippen molar-refractivity contribution in [2.75, 3.05) is 18.0 Å². The second-order valence-electron chi connectivity index (χ2n) is 8.26. The van der Waals surface area contributed by atoms with Gasteiger partial charge in [-0.25, -0.2) is 9.97 Å². The molecule has 3 aromatic rings. The molecule has 0 saturated carbocycles. The molecule has 1 saturated heterocycles. The highest BCUT2D eigenvalue weighted by molar-refractivity contribution is 5.85. The Morgan fingerprint density at radius 1 is 0.972 bits per heavy atom. The first kappa shape index (κ1) is 25.4. The molecular weight excluding hydrogens is 488 g/mol. The number of pyridine rings is 1. The number of benzene rings is 1. The summed E-state index contributed by atoms with van der Waals surface area (Å²) in [5.41, 5.74) is 0.337. The van der Waals surface area contributed by atoms with Crippen LogP contribution in [0.2, 0.25) is 0 Å². The lowest BCUT2D eigenvalue weighted by atomic mass is 10.1. The number of hydrogen-bond acceptors (Lipinski definition) is 5. The van der Waals surface area contributed by atoms with Crippen molar-refractivity contribution in [1.29, 1.82) is 0 Å². The van der Waals surface area contributed by atoms with Crippen molar-refractivity contribution < 1.29 is 31.1 Å². The van der Waals surface area contributed by atoms with Crippen molar-refractivity contribution >= 4 is 11.7 Å². The van der Waals surface area contributed by atoms with Gasteiger partial charge in [0.1, 0.15) is 11.9 Å². The van der Waals surface area contributed by atoms with Crippen LogP contribution in [0, 0.1) is 0 Å². The first-order chi connectivity index (χ1) is 17.0. The van der Waals surface area contributed by atoms with E-state index in [-0.39, 0.29) is 18.1 Å². The highest BCUT2D eigenvalue weighted by Gasteiger charge is 2.38. The zero-order valence-electron chi connectivity index (χ0n) is 18.8. The van der Waals surface area contributed by atoms with Gasteiger partial charge in [-0.15, -0.1) is 0 Å². The highest BCUT2D eigenvalue weighted by Crippen LogP contribution is 2.33. The van der Waals surface area contributed by atoms with Gasteiger partial charge in [0.15, 0.2) is 0 Å². The third-order valence-electron chi connectivity index (χ3n) is 5.79. The third-order valence-corrected chi connectivity index (χ3v) is 5.79. The monoisotopic (exact) mass is 509 g/mol. The third kappa shape index (κ3) is 5.92. The van der Waals surface area contributed by atoms with Crippen LogP contribution in [-0.2, 0) is 23.6 Å². The molecule has 2 aromatic heterocycles. The Hall–Kier alpha value is -3.70. The standard InChI is InChI=1S/C24H21F6N5O/c25-23(26,27)17-5-3-15(4-6-17)7-12-32-21(36)19-2-1-13-35(19)20-14-18(16-8-10-31-11-9-16)33-22(34-20)24(28,29)30/h3-6,8-11,14,19H,1-2,7,12-13H2,(H,32,36). The van der Waals surface area contributed by atoms with Gasteiger partial charge in [0.05, 0.1) is 11.3 Å². The predicted molar refractivity (Wildman–Crippen MR) is 119 cm³/mol. The lowest BCUT2D eigenvalue weighted by Crippen LogP contribution is -2.44. The van der Waals surface area contributed by atoms with Crippen LogP contribution in [0.15, 0.2) is 54.9 Å². The second-order valence-corrected chi connectivity index (χ2v) is 8.26. The summed E-state index contributed by atoms with van der Waals surface area (Å²) < 4.78 is 78.7. The summed E-state index contributed by atoms with van der Waals surface area (Å²) in [4.78, 5) is 25.6. The van der Waals surface area contributed by atoms with Crippen molar-refractivity contribution in [2.45, 2.75) is 37.7 Å². The Bertz CT molecular complexity index is 1200. The minimum Gasteiger partial charge on any atom is -0.354 e. The van der Waals surface area contributed by atoms with Crippen LogP contribution in [0.3, 0.4) is 0 Å². The Balaban J connectivity index is 1.48. The Labute approximate surface area is 202 Å². The normalized spacial score (nSPS) is 16.3. The van der Waals surface area contributed by atoms with Gasteiger partial charge in [0.25, 0.3) is 0 Å². The maximum absolute atomic E-state index is 13.5. The van der Waals surface area contributed by atoms with Crippen LogP contribution in [0.25, 0.3) is 11.3 Å². The van der Waals surface area contributed by atoms with Crippen LogP contribution >= 0.6 is 0 Å². The Kier molecular flexibility index (Phi) is 7.14. The minimum absolute atomic E-state index is 0.00970. The number of nitrogens with zero attached hydrogens (tertiary/aromatic N) is 4. The summed E-state index contributed by atoms with van der Waals surface area (Å²) in [7, 11) is 0. The fraction of sp³-hybridized carbons (Fsp3) is 0.333. The average molecular weight is 509 g/mol. The number of carbonyl (C=O) groups excluding carboxylic acids is 1. The zero-order valence-corrected chi connectivity index (χ0v) is 18.8. The molecule has 3 heterocycles. The molecule has 0 bridgehead atoms. The number of rotatable bonds is 6. The van der Waals surface area contributed by atoms with E-state index in [1.165, 1.54) is 47.6 Å².